The highest BCUT2D eigenvalue weighted by molar-refractivity contribution is 6.05. The van der Waals surface area contributed by atoms with Crippen LogP contribution in [0.25, 0.3) is 11.8 Å². The predicted molar refractivity (Wildman–Crippen MR) is 98.0 cm³/mol. The van der Waals surface area contributed by atoms with Gasteiger partial charge in [-0.3, -0.25) is 9.89 Å². The molecule has 0 fully saturated rings. The number of hydrogen-bond donors (Lipinski definition) is 3. The number of aromatic nitrogens is 4. The van der Waals surface area contributed by atoms with Crippen LogP contribution in [0, 0.1) is 0 Å². The number of rotatable bonds is 7. The van der Waals surface area contributed by atoms with Crippen LogP contribution < -0.4 is 0 Å². The van der Waals surface area contributed by atoms with E-state index in [1.54, 1.807) is 16.8 Å². The zero-order chi connectivity index (χ0) is 19.2. The smallest absolute Gasteiger partial charge is 0.328 e. The van der Waals surface area contributed by atoms with Crippen LogP contribution in [-0.2, 0) is 11.3 Å². The minimum absolute atomic E-state index is 0.0104. The van der Waals surface area contributed by atoms with E-state index in [-0.39, 0.29) is 11.6 Å². The number of carbonyl (C=O) groups excluding carboxylic acids is 1. The van der Waals surface area contributed by atoms with E-state index >= 15 is 0 Å². The van der Waals surface area contributed by atoms with Crippen LogP contribution in [0.1, 0.15) is 27.4 Å². The fourth-order valence-electron chi connectivity index (χ4n) is 2.48. The van der Waals surface area contributed by atoms with Gasteiger partial charge in [-0.25, -0.2) is 9.78 Å². The second-order valence-corrected chi connectivity index (χ2v) is 5.67. The van der Waals surface area contributed by atoms with Crippen molar-refractivity contribution in [2.24, 2.45) is 0 Å². The second-order valence-electron chi connectivity index (χ2n) is 5.67. The average molecular weight is 364 g/mol. The molecule has 0 aliphatic heterocycles. The zero-order valence-electron chi connectivity index (χ0n) is 14.1. The van der Waals surface area contributed by atoms with Gasteiger partial charge in [0, 0.05) is 36.2 Å². The summed E-state index contributed by atoms with van der Waals surface area (Å²) in [4.78, 5) is 26.6. The monoisotopic (exact) mass is 364 g/mol. The van der Waals surface area contributed by atoms with E-state index in [9.17, 15) is 14.7 Å². The maximum Gasteiger partial charge on any atom is 0.328 e. The number of aliphatic carboxylic acids is 1. The van der Waals surface area contributed by atoms with Gasteiger partial charge in [0.25, 0.3) is 0 Å². The molecular weight excluding hydrogens is 348 g/mol. The number of benzene rings is 1. The summed E-state index contributed by atoms with van der Waals surface area (Å²) in [6, 6.07) is 11.2. The lowest BCUT2D eigenvalue weighted by molar-refractivity contribution is -0.131. The van der Waals surface area contributed by atoms with Gasteiger partial charge in [-0.15, -0.1) is 0 Å². The first-order valence-electron chi connectivity index (χ1n) is 7.99. The van der Waals surface area contributed by atoms with Crippen molar-refractivity contribution >= 4 is 23.6 Å². The molecule has 0 unspecified atom stereocenters. The molecule has 0 aliphatic carbocycles. The minimum atomic E-state index is -1.08. The first-order valence-corrected chi connectivity index (χ1v) is 7.99. The summed E-state index contributed by atoms with van der Waals surface area (Å²) in [6.07, 6.45) is 6.33. The fraction of sp³-hybridized carbons (Fsp3) is 0.0526. The van der Waals surface area contributed by atoms with E-state index in [2.05, 4.69) is 15.2 Å². The van der Waals surface area contributed by atoms with Crippen LogP contribution in [0.15, 0.2) is 61.1 Å². The number of allylic oxidation sites excluding steroid dienone is 1. The number of aliphatic hydroxyl groups is 1. The number of aliphatic hydroxyl groups excluding tert-OH is 1. The SMILES string of the molecule is O=C(O)/C=C/c1cc(C(O)=CC(=O)c2ncn[nH]2)cn1Cc1ccccc1. The number of H-pyrrole nitrogens is 1. The summed E-state index contributed by atoms with van der Waals surface area (Å²) < 4.78 is 1.78. The van der Waals surface area contributed by atoms with Crippen LogP contribution >= 0.6 is 0 Å². The van der Waals surface area contributed by atoms with Gasteiger partial charge in [0.1, 0.15) is 12.1 Å². The van der Waals surface area contributed by atoms with E-state index < -0.39 is 11.8 Å². The summed E-state index contributed by atoms with van der Waals surface area (Å²) in [5.41, 5.74) is 1.96. The lowest BCUT2D eigenvalue weighted by Gasteiger charge is -2.06. The van der Waals surface area contributed by atoms with Crippen molar-refractivity contribution in [1.82, 2.24) is 19.7 Å². The molecule has 27 heavy (non-hydrogen) atoms. The Morgan fingerprint density at radius 3 is 2.63 bits per heavy atom. The number of carboxylic acids is 1. The van der Waals surface area contributed by atoms with Crippen molar-refractivity contribution in [2.45, 2.75) is 6.54 Å². The number of carbonyl (C=O) groups is 2. The fourth-order valence-corrected chi connectivity index (χ4v) is 2.48. The van der Waals surface area contributed by atoms with Crippen molar-refractivity contribution in [1.29, 1.82) is 0 Å². The van der Waals surface area contributed by atoms with Gasteiger partial charge in [-0.05, 0) is 17.7 Å². The van der Waals surface area contributed by atoms with Gasteiger partial charge in [0.2, 0.25) is 5.78 Å². The minimum Gasteiger partial charge on any atom is -0.507 e. The van der Waals surface area contributed by atoms with Crippen LogP contribution in [0.5, 0.6) is 0 Å². The molecule has 0 bridgehead atoms. The van der Waals surface area contributed by atoms with Gasteiger partial charge in [-0.1, -0.05) is 30.3 Å². The molecule has 0 saturated carbocycles. The number of hydrogen-bond acceptors (Lipinski definition) is 5. The van der Waals surface area contributed by atoms with Gasteiger partial charge >= 0.3 is 5.97 Å². The Kier molecular flexibility index (Phi) is 5.27. The van der Waals surface area contributed by atoms with Crippen molar-refractivity contribution in [3.05, 3.63) is 83.7 Å². The standard InChI is InChI=1S/C19H16N4O4/c24-16(9-17(25)19-20-12-21-22-19)14-8-15(6-7-18(26)27)23(11-14)10-13-4-2-1-3-5-13/h1-9,11-12,24H,10H2,(H,26,27)(H,20,21,22)/b7-6+,16-9?. The summed E-state index contributed by atoms with van der Waals surface area (Å²) >= 11 is 0. The van der Waals surface area contributed by atoms with Crippen molar-refractivity contribution < 1.29 is 19.8 Å². The predicted octanol–water partition coefficient (Wildman–Crippen LogP) is 2.53. The maximum absolute atomic E-state index is 12.0. The molecule has 136 valence electrons. The molecule has 1 aromatic carbocycles. The topological polar surface area (TPSA) is 121 Å². The van der Waals surface area contributed by atoms with Gasteiger partial charge < -0.3 is 14.8 Å². The van der Waals surface area contributed by atoms with Gasteiger partial charge in [0.05, 0.1) is 0 Å². The number of ketones is 1. The van der Waals surface area contributed by atoms with Crippen molar-refractivity contribution in [3.8, 4) is 0 Å². The summed E-state index contributed by atoms with van der Waals surface area (Å²) in [7, 11) is 0. The zero-order valence-corrected chi connectivity index (χ0v) is 14.1. The highest BCUT2D eigenvalue weighted by Crippen LogP contribution is 2.19. The third-order valence-electron chi connectivity index (χ3n) is 3.73. The van der Waals surface area contributed by atoms with Crippen LogP contribution in [0.4, 0.5) is 0 Å². The second kappa shape index (κ2) is 7.96. The molecule has 8 nitrogen and oxygen atoms in total. The first kappa shape index (κ1) is 17.9. The first-order chi connectivity index (χ1) is 13.0. The van der Waals surface area contributed by atoms with Crippen LogP contribution in [-0.4, -0.2) is 41.7 Å². The van der Waals surface area contributed by atoms with Crippen LogP contribution in [0.3, 0.4) is 0 Å². The Hall–Kier alpha value is -3.94. The summed E-state index contributed by atoms with van der Waals surface area (Å²) in [5, 5.41) is 25.2. The lowest BCUT2D eigenvalue weighted by Crippen LogP contribution is -2.00. The Bertz CT molecular complexity index is 1000. The molecule has 3 rings (SSSR count). The van der Waals surface area contributed by atoms with E-state index in [0.29, 0.717) is 17.8 Å². The Morgan fingerprint density at radius 2 is 1.96 bits per heavy atom. The molecule has 0 spiro atoms. The molecule has 2 aromatic heterocycles. The average Bonchev–Trinajstić information content (AvgIpc) is 3.31. The largest absolute Gasteiger partial charge is 0.507 e. The number of nitrogens with one attached hydrogen (secondary N) is 1. The molecule has 0 radical (unpaired) electrons. The molecule has 3 aromatic rings. The summed E-state index contributed by atoms with van der Waals surface area (Å²) in [5.74, 6) is -1.85. The molecule has 3 N–H and O–H groups in total. The molecule has 0 amide bonds. The Labute approximate surface area is 154 Å². The van der Waals surface area contributed by atoms with Gasteiger partial charge in [0.15, 0.2) is 5.82 Å². The quantitative estimate of drug-likeness (QED) is 0.336. The van der Waals surface area contributed by atoms with Crippen molar-refractivity contribution in [3.63, 3.8) is 0 Å². The number of carboxylic acid groups (broad SMARTS) is 1. The molecule has 8 heteroatoms. The van der Waals surface area contributed by atoms with E-state index in [4.69, 9.17) is 5.11 Å². The van der Waals surface area contributed by atoms with Crippen LogP contribution in [0.2, 0.25) is 0 Å². The molecule has 2 heterocycles. The molecule has 0 saturated heterocycles. The number of nitrogens with zero attached hydrogens (tertiary/aromatic N) is 3. The van der Waals surface area contributed by atoms with E-state index in [0.717, 1.165) is 17.7 Å². The highest BCUT2D eigenvalue weighted by atomic mass is 16.4. The van der Waals surface area contributed by atoms with E-state index in [1.165, 1.54) is 12.4 Å². The lowest BCUT2D eigenvalue weighted by atomic mass is 10.2. The molecule has 0 aliphatic rings. The Balaban J connectivity index is 1.92. The van der Waals surface area contributed by atoms with E-state index in [1.807, 2.05) is 30.3 Å². The van der Waals surface area contributed by atoms with Gasteiger partial charge in [-0.2, -0.15) is 5.10 Å². The molecule has 0 atom stereocenters. The van der Waals surface area contributed by atoms with Crippen molar-refractivity contribution in [2.75, 3.05) is 0 Å². The third-order valence-corrected chi connectivity index (χ3v) is 3.73. The molecular formula is C19H16N4O4. The third kappa shape index (κ3) is 4.57. The highest BCUT2D eigenvalue weighted by Gasteiger charge is 2.12. The Morgan fingerprint density at radius 1 is 1.19 bits per heavy atom. The number of aromatic amines is 1. The maximum atomic E-state index is 12.0. The normalized spacial score (nSPS) is 11.8. The summed E-state index contributed by atoms with van der Waals surface area (Å²) in [6.45, 7) is 0.476.